The topological polar surface area (TPSA) is 53.8 Å². The minimum absolute atomic E-state index is 0.137. The van der Waals surface area contributed by atoms with Gasteiger partial charge in [-0.25, -0.2) is 0 Å². The molecule has 7 heteroatoms. The minimum Gasteiger partial charge on any atom is -0.383 e. The maximum absolute atomic E-state index is 13.5. The number of amides is 1. The minimum atomic E-state index is 0.137. The number of hydrogen-bond donors (Lipinski definition) is 0. The summed E-state index contributed by atoms with van der Waals surface area (Å²) in [5.74, 6) is 0.710. The Kier molecular flexibility index (Phi) is 8.09. The molecule has 2 saturated heterocycles. The second-order valence-corrected chi connectivity index (χ2v) is 8.71. The fourth-order valence-corrected chi connectivity index (χ4v) is 4.91. The summed E-state index contributed by atoms with van der Waals surface area (Å²) in [6.45, 7) is 12.1. The average Bonchev–Trinajstić information content (AvgIpc) is 3.31. The first-order valence-electron chi connectivity index (χ1n) is 11.3. The quantitative estimate of drug-likeness (QED) is 0.629. The molecule has 0 saturated carbocycles. The summed E-state index contributed by atoms with van der Waals surface area (Å²) in [6, 6.07) is 2.41. The maximum atomic E-state index is 13.5. The van der Waals surface area contributed by atoms with E-state index in [9.17, 15) is 4.79 Å². The van der Waals surface area contributed by atoms with E-state index in [2.05, 4.69) is 26.7 Å². The van der Waals surface area contributed by atoms with E-state index in [4.69, 9.17) is 4.74 Å². The van der Waals surface area contributed by atoms with Crippen molar-refractivity contribution in [2.45, 2.75) is 45.6 Å². The number of nitrogens with zero attached hydrogens (tertiary/aromatic N) is 5. The number of carbonyl (C=O) groups excluding carboxylic acids is 1. The number of aryl methyl sites for hydroxylation is 2. The lowest BCUT2D eigenvalue weighted by molar-refractivity contribution is 0.0606. The largest absolute Gasteiger partial charge is 0.383 e. The summed E-state index contributed by atoms with van der Waals surface area (Å²) in [6.07, 6.45) is 4.74. The second-order valence-electron chi connectivity index (χ2n) is 8.71. The first-order chi connectivity index (χ1) is 14.0. The van der Waals surface area contributed by atoms with Crippen LogP contribution in [0.25, 0.3) is 0 Å². The van der Waals surface area contributed by atoms with Crippen molar-refractivity contribution in [2.24, 2.45) is 13.0 Å². The van der Waals surface area contributed by atoms with E-state index >= 15 is 0 Å². The third kappa shape index (κ3) is 5.80. The predicted octanol–water partition coefficient (Wildman–Crippen LogP) is 2.01. The summed E-state index contributed by atoms with van der Waals surface area (Å²) in [5, 5.41) is 4.40. The van der Waals surface area contributed by atoms with Gasteiger partial charge in [-0.15, -0.1) is 0 Å². The Hall–Kier alpha value is -1.44. The molecular formula is C22H39N5O2. The van der Waals surface area contributed by atoms with Crippen LogP contribution in [0, 0.1) is 12.8 Å². The number of likely N-dealkylation sites (tertiary alicyclic amines) is 2. The van der Waals surface area contributed by atoms with E-state index < -0.39 is 0 Å². The monoisotopic (exact) mass is 405 g/mol. The fraction of sp³-hybridized carbons (Fsp3) is 0.818. The van der Waals surface area contributed by atoms with Gasteiger partial charge in [-0.1, -0.05) is 6.92 Å². The van der Waals surface area contributed by atoms with Crippen LogP contribution in [0.1, 0.15) is 48.8 Å². The van der Waals surface area contributed by atoms with E-state index in [1.54, 1.807) is 11.8 Å². The van der Waals surface area contributed by atoms with Gasteiger partial charge in [0.25, 0.3) is 5.91 Å². The summed E-state index contributed by atoms with van der Waals surface area (Å²) in [4.78, 5) is 20.6. The summed E-state index contributed by atoms with van der Waals surface area (Å²) >= 11 is 0. The highest BCUT2D eigenvalue weighted by atomic mass is 16.5. The summed E-state index contributed by atoms with van der Waals surface area (Å²) in [7, 11) is 3.64. The van der Waals surface area contributed by atoms with Crippen LogP contribution < -0.4 is 0 Å². The highest BCUT2D eigenvalue weighted by Gasteiger charge is 2.31. The predicted molar refractivity (Wildman–Crippen MR) is 115 cm³/mol. The van der Waals surface area contributed by atoms with Crippen molar-refractivity contribution in [3.8, 4) is 0 Å². The molecule has 0 spiro atoms. The number of rotatable bonds is 9. The highest BCUT2D eigenvalue weighted by Crippen LogP contribution is 2.23. The van der Waals surface area contributed by atoms with Gasteiger partial charge in [0.1, 0.15) is 5.69 Å². The molecular weight excluding hydrogens is 366 g/mol. The molecule has 164 valence electrons. The molecule has 1 aromatic heterocycles. The van der Waals surface area contributed by atoms with Crippen LogP contribution in [-0.2, 0) is 11.8 Å². The zero-order chi connectivity index (χ0) is 20.8. The Bertz CT molecular complexity index is 654. The molecule has 0 radical (unpaired) electrons. The fourth-order valence-electron chi connectivity index (χ4n) is 4.91. The first kappa shape index (κ1) is 22.2. The van der Waals surface area contributed by atoms with Crippen molar-refractivity contribution in [1.82, 2.24) is 24.5 Å². The molecule has 1 atom stereocenters. The Labute approximate surface area is 176 Å². The molecule has 0 aromatic carbocycles. The molecule has 2 aliphatic heterocycles. The molecule has 2 aliphatic rings. The first-order valence-corrected chi connectivity index (χ1v) is 11.3. The Morgan fingerprint density at radius 2 is 2.00 bits per heavy atom. The van der Waals surface area contributed by atoms with Crippen LogP contribution >= 0.6 is 0 Å². The van der Waals surface area contributed by atoms with Crippen LogP contribution in [0.15, 0.2) is 6.07 Å². The van der Waals surface area contributed by atoms with Gasteiger partial charge in [0, 0.05) is 39.8 Å². The number of ether oxygens (including phenoxy) is 1. The van der Waals surface area contributed by atoms with E-state index in [1.165, 1.54) is 12.8 Å². The lowest BCUT2D eigenvalue weighted by Gasteiger charge is -2.36. The van der Waals surface area contributed by atoms with Crippen LogP contribution in [-0.4, -0.2) is 96.0 Å². The molecule has 1 unspecified atom stereocenters. The van der Waals surface area contributed by atoms with Crippen molar-refractivity contribution in [3.05, 3.63) is 17.5 Å². The molecule has 29 heavy (non-hydrogen) atoms. The second kappa shape index (κ2) is 10.5. The van der Waals surface area contributed by atoms with Gasteiger partial charge in [-0.05, 0) is 70.8 Å². The van der Waals surface area contributed by atoms with E-state index in [-0.39, 0.29) is 5.91 Å². The van der Waals surface area contributed by atoms with Gasteiger partial charge in [0.05, 0.1) is 12.3 Å². The molecule has 3 heterocycles. The van der Waals surface area contributed by atoms with Gasteiger partial charge < -0.3 is 14.5 Å². The molecule has 1 amide bonds. The van der Waals surface area contributed by atoms with Gasteiger partial charge >= 0.3 is 0 Å². The van der Waals surface area contributed by atoms with Gasteiger partial charge in [-0.3, -0.25) is 14.4 Å². The van der Waals surface area contributed by atoms with Crippen LogP contribution in [0.3, 0.4) is 0 Å². The van der Waals surface area contributed by atoms with E-state index in [1.807, 2.05) is 20.0 Å². The Balaban J connectivity index is 1.66. The lowest BCUT2D eigenvalue weighted by atomic mass is 9.95. The Morgan fingerprint density at radius 1 is 1.24 bits per heavy atom. The summed E-state index contributed by atoms with van der Waals surface area (Å²) < 4.78 is 6.96. The third-order valence-corrected chi connectivity index (χ3v) is 6.64. The Morgan fingerprint density at radius 3 is 2.62 bits per heavy atom. The number of hydrogen-bond acceptors (Lipinski definition) is 5. The van der Waals surface area contributed by atoms with E-state index in [0.29, 0.717) is 17.7 Å². The number of aromatic nitrogens is 2. The maximum Gasteiger partial charge on any atom is 0.272 e. The average molecular weight is 406 g/mol. The van der Waals surface area contributed by atoms with Crippen molar-refractivity contribution in [2.75, 3.05) is 59.5 Å². The van der Waals surface area contributed by atoms with Crippen molar-refractivity contribution < 1.29 is 9.53 Å². The lowest BCUT2D eigenvalue weighted by Crippen LogP contribution is -2.47. The van der Waals surface area contributed by atoms with Gasteiger partial charge in [0.15, 0.2) is 0 Å². The SMILES string of the molecule is CCN1CCCC1CN(CC1CCN(CCOC)CC1)C(=O)c1cc(C)nn1C. The molecule has 7 nitrogen and oxygen atoms in total. The molecule has 0 aliphatic carbocycles. The number of carbonyl (C=O) groups is 1. The number of likely N-dealkylation sites (N-methyl/N-ethyl adjacent to an activating group) is 1. The molecule has 1 aromatic rings. The molecule has 0 bridgehead atoms. The normalized spacial score (nSPS) is 21.7. The zero-order valence-electron chi connectivity index (χ0n) is 18.8. The smallest absolute Gasteiger partial charge is 0.272 e. The third-order valence-electron chi connectivity index (χ3n) is 6.64. The van der Waals surface area contributed by atoms with Crippen LogP contribution in [0.2, 0.25) is 0 Å². The van der Waals surface area contributed by atoms with Crippen molar-refractivity contribution >= 4 is 5.91 Å². The van der Waals surface area contributed by atoms with Crippen molar-refractivity contribution in [3.63, 3.8) is 0 Å². The summed E-state index contributed by atoms with van der Waals surface area (Å²) in [5.41, 5.74) is 1.61. The highest BCUT2D eigenvalue weighted by molar-refractivity contribution is 5.92. The standard InChI is InChI=1S/C22H39N5O2/c1-5-26-10-6-7-20(26)17-27(22(28)21-15-18(2)23-24(21)3)16-19-8-11-25(12-9-19)13-14-29-4/h15,19-20H,5-14,16-17H2,1-4H3. The van der Waals surface area contributed by atoms with Gasteiger partial charge in [-0.2, -0.15) is 5.10 Å². The molecule has 3 rings (SSSR count). The molecule has 0 N–H and O–H groups in total. The molecule has 2 fully saturated rings. The van der Waals surface area contributed by atoms with E-state index in [0.717, 1.165) is 71.0 Å². The van der Waals surface area contributed by atoms with Gasteiger partial charge in [0.2, 0.25) is 0 Å². The van der Waals surface area contributed by atoms with Crippen LogP contribution in [0.4, 0.5) is 0 Å². The number of methoxy groups -OCH3 is 1. The van der Waals surface area contributed by atoms with Crippen molar-refractivity contribution in [1.29, 1.82) is 0 Å². The zero-order valence-corrected chi connectivity index (χ0v) is 18.8. The number of piperidine rings is 1. The van der Waals surface area contributed by atoms with Crippen LogP contribution in [0.5, 0.6) is 0 Å².